The summed E-state index contributed by atoms with van der Waals surface area (Å²) in [6, 6.07) is 2.68. The van der Waals surface area contributed by atoms with Crippen LogP contribution in [0.15, 0.2) is 18.5 Å². The first-order valence-electron chi connectivity index (χ1n) is 10.6. The zero-order valence-electron chi connectivity index (χ0n) is 15.7. The van der Waals surface area contributed by atoms with Crippen LogP contribution in [-0.2, 0) is 11.2 Å². The number of fused-ring (bicyclic) bond motifs is 1. The number of hydrogen-bond acceptors (Lipinski definition) is 3. The third-order valence-corrected chi connectivity index (χ3v) is 7.50. The van der Waals surface area contributed by atoms with Gasteiger partial charge >= 0.3 is 0 Å². The Morgan fingerprint density at radius 3 is 2.74 bits per heavy atom. The summed E-state index contributed by atoms with van der Waals surface area (Å²) < 4.78 is 0. The first kappa shape index (κ1) is 16.1. The lowest BCUT2D eigenvalue weighted by molar-refractivity contribution is -0.174. The van der Waals surface area contributed by atoms with E-state index in [-0.39, 0.29) is 18.0 Å². The zero-order valence-corrected chi connectivity index (χ0v) is 15.7. The molecule has 2 aromatic rings. The van der Waals surface area contributed by atoms with E-state index in [1.165, 1.54) is 29.4 Å². The highest BCUT2D eigenvalue weighted by Gasteiger charge is 2.54. The van der Waals surface area contributed by atoms with Gasteiger partial charge in [0.25, 0.3) is 0 Å². The van der Waals surface area contributed by atoms with Gasteiger partial charge in [0, 0.05) is 36.3 Å². The van der Waals surface area contributed by atoms with E-state index in [2.05, 4.69) is 20.9 Å². The van der Waals surface area contributed by atoms with Crippen LogP contribution >= 0.6 is 0 Å². The Morgan fingerprint density at radius 1 is 1.26 bits per heavy atom. The average molecular weight is 365 g/mol. The standard InChI is InChI=1S/C22H27N3O2/c26-19(25-16-7-13-8-17(25)11-22(27,9-13)10-16)4-3-15-12-24-21-20(15)18(5-6-23-21)14-1-2-14/h5-6,12-14,16-17,27H,1-4,7-11H2,(H,23,24). The summed E-state index contributed by atoms with van der Waals surface area (Å²) in [5.41, 5.74) is 3.10. The maximum absolute atomic E-state index is 13.1. The molecule has 3 aliphatic carbocycles. The van der Waals surface area contributed by atoms with E-state index in [4.69, 9.17) is 0 Å². The predicted molar refractivity (Wildman–Crippen MR) is 102 cm³/mol. The number of aromatic nitrogens is 2. The fourth-order valence-corrected chi connectivity index (χ4v) is 6.45. The molecule has 0 aromatic carbocycles. The lowest BCUT2D eigenvalue weighted by Crippen LogP contribution is -2.65. The molecule has 3 saturated carbocycles. The van der Waals surface area contributed by atoms with E-state index in [0.29, 0.717) is 18.3 Å². The summed E-state index contributed by atoms with van der Waals surface area (Å²) >= 11 is 0. The van der Waals surface area contributed by atoms with E-state index in [1.54, 1.807) is 0 Å². The third kappa shape index (κ3) is 2.54. The number of nitrogens with zero attached hydrogens (tertiary/aromatic N) is 2. The summed E-state index contributed by atoms with van der Waals surface area (Å²) in [5, 5.41) is 12.0. The Labute approximate surface area is 159 Å². The van der Waals surface area contributed by atoms with Gasteiger partial charge in [0.05, 0.1) is 5.60 Å². The van der Waals surface area contributed by atoms with Crippen LogP contribution in [0, 0.1) is 5.92 Å². The highest BCUT2D eigenvalue weighted by molar-refractivity contribution is 5.85. The topological polar surface area (TPSA) is 69.2 Å². The van der Waals surface area contributed by atoms with E-state index in [1.807, 2.05) is 12.4 Å². The van der Waals surface area contributed by atoms with Crippen LogP contribution in [0.3, 0.4) is 0 Å². The monoisotopic (exact) mass is 365 g/mol. The first-order valence-corrected chi connectivity index (χ1v) is 10.6. The van der Waals surface area contributed by atoms with Gasteiger partial charge in [-0.05, 0) is 80.4 Å². The van der Waals surface area contributed by atoms with Crippen molar-refractivity contribution in [1.29, 1.82) is 0 Å². The van der Waals surface area contributed by atoms with Gasteiger partial charge in [-0.25, -0.2) is 4.98 Å². The zero-order chi connectivity index (χ0) is 18.2. The number of H-pyrrole nitrogens is 1. The molecule has 5 heteroatoms. The minimum atomic E-state index is -0.491. The number of carbonyl (C=O) groups excluding carboxylic acids is 1. The van der Waals surface area contributed by atoms with E-state index in [0.717, 1.165) is 44.2 Å². The van der Waals surface area contributed by atoms with Crippen molar-refractivity contribution in [3.8, 4) is 0 Å². The molecule has 4 bridgehead atoms. The number of carbonyl (C=O) groups is 1. The van der Waals surface area contributed by atoms with Crippen LogP contribution in [-0.4, -0.2) is 43.6 Å². The van der Waals surface area contributed by atoms with Crippen LogP contribution in [0.25, 0.3) is 11.0 Å². The Bertz CT molecular complexity index is 899. The van der Waals surface area contributed by atoms with Crippen molar-refractivity contribution in [3.05, 3.63) is 29.6 Å². The number of amides is 1. The van der Waals surface area contributed by atoms with Crippen molar-refractivity contribution < 1.29 is 9.90 Å². The van der Waals surface area contributed by atoms with Gasteiger partial charge in [-0.1, -0.05) is 0 Å². The number of aromatic amines is 1. The molecule has 2 unspecified atom stereocenters. The Hall–Kier alpha value is -1.88. The van der Waals surface area contributed by atoms with Crippen molar-refractivity contribution in [1.82, 2.24) is 14.9 Å². The molecule has 27 heavy (non-hydrogen) atoms. The SMILES string of the molecule is O=C(CCc1c[nH]c2nccc(C3CC3)c12)N1C2CC3CC1CC(O)(C3)C2. The van der Waals surface area contributed by atoms with Crippen LogP contribution in [0.2, 0.25) is 0 Å². The lowest BCUT2D eigenvalue weighted by atomic mass is 9.61. The highest BCUT2D eigenvalue weighted by Crippen LogP contribution is 2.51. The molecule has 5 aliphatic rings. The second-order valence-electron chi connectivity index (χ2n) is 9.49. The van der Waals surface area contributed by atoms with Crippen LogP contribution in [0.4, 0.5) is 0 Å². The molecule has 142 valence electrons. The summed E-state index contributed by atoms with van der Waals surface area (Å²) in [6.45, 7) is 0. The number of pyridine rings is 1. The van der Waals surface area contributed by atoms with Crippen molar-refractivity contribution in [2.24, 2.45) is 5.92 Å². The predicted octanol–water partition coefficient (Wildman–Crippen LogP) is 3.28. The minimum Gasteiger partial charge on any atom is -0.390 e. The van der Waals surface area contributed by atoms with Crippen molar-refractivity contribution in [2.75, 3.05) is 0 Å². The van der Waals surface area contributed by atoms with Gasteiger partial charge in [-0.3, -0.25) is 4.79 Å². The van der Waals surface area contributed by atoms with Gasteiger partial charge in [0.2, 0.25) is 5.91 Å². The lowest BCUT2D eigenvalue weighted by Gasteiger charge is -2.59. The number of aryl methyl sites for hydroxylation is 1. The molecule has 4 heterocycles. The van der Waals surface area contributed by atoms with Crippen LogP contribution in [0.1, 0.15) is 68.4 Å². The summed E-state index contributed by atoms with van der Waals surface area (Å²) in [6.07, 6.45) is 12.5. The molecule has 0 spiro atoms. The minimum absolute atomic E-state index is 0.264. The van der Waals surface area contributed by atoms with Gasteiger partial charge in [-0.15, -0.1) is 0 Å². The van der Waals surface area contributed by atoms with E-state index < -0.39 is 5.60 Å². The normalized spacial score (nSPS) is 34.6. The molecule has 2 aliphatic heterocycles. The molecule has 0 radical (unpaired) electrons. The van der Waals surface area contributed by atoms with E-state index in [9.17, 15) is 9.90 Å². The van der Waals surface area contributed by atoms with Gasteiger partial charge in [0.1, 0.15) is 5.65 Å². The summed E-state index contributed by atoms with van der Waals surface area (Å²) in [5.74, 6) is 1.57. The summed E-state index contributed by atoms with van der Waals surface area (Å²) in [7, 11) is 0. The molecular formula is C22H27N3O2. The Kier molecular flexibility index (Phi) is 3.32. The molecule has 5 nitrogen and oxygen atoms in total. The Morgan fingerprint density at radius 2 is 2.04 bits per heavy atom. The molecule has 2 aromatic heterocycles. The number of rotatable bonds is 4. The fraction of sp³-hybridized carbons (Fsp3) is 0.636. The molecule has 5 fully saturated rings. The summed E-state index contributed by atoms with van der Waals surface area (Å²) in [4.78, 5) is 23.1. The molecule has 1 amide bonds. The molecule has 2 N–H and O–H groups in total. The number of piperidine rings is 2. The van der Waals surface area contributed by atoms with Gasteiger partial charge < -0.3 is 15.0 Å². The van der Waals surface area contributed by atoms with Gasteiger partial charge in [-0.2, -0.15) is 0 Å². The Balaban J connectivity index is 1.21. The largest absolute Gasteiger partial charge is 0.390 e. The third-order valence-electron chi connectivity index (χ3n) is 7.50. The number of hydrogen-bond donors (Lipinski definition) is 2. The second kappa shape index (κ2) is 5.57. The molecule has 7 rings (SSSR count). The smallest absolute Gasteiger partial charge is 0.223 e. The number of aliphatic hydroxyl groups is 1. The van der Waals surface area contributed by atoms with Crippen molar-refractivity contribution in [2.45, 2.75) is 81.4 Å². The van der Waals surface area contributed by atoms with Crippen LogP contribution in [0.5, 0.6) is 0 Å². The second-order valence-corrected chi connectivity index (χ2v) is 9.49. The molecule has 2 saturated heterocycles. The quantitative estimate of drug-likeness (QED) is 0.874. The highest BCUT2D eigenvalue weighted by atomic mass is 16.3. The maximum Gasteiger partial charge on any atom is 0.223 e. The average Bonchev–Trinajstić information content (AvgIpc) is 3.38. The first-order chi connectivity index (χ1) is 13.1. The maximum atomic E-state index is 13.1. The van der Waals surface area contributed by atoms with Gasteiger partial charge in [0.15, 0.2) is 0 Å². The van der Waals surface area contributed by atoms with Crippen molar-refractivity contribution in [3.63, 3.8) is 0 Å². The number of nitrogens with one attached hydrogen (secondary N) is 1. The fourth-order valence-electron chi connectivity index (χ4n) is 6.45. The van der Waals surface area contributed by atoms with Crippen LogP contribution < -0.4 is 0 Å². The molecular weight excluding hydrogens is 338 g/mol. The van der Waals surface area contributed by atoms with Crippen molar-refractivity contribution >= 4 is 16.9 Å². The van der Waals surface area contributed by atoms with E-state index >= 15 is 0 Å². The molecule has 2 atom stereocenters.